The zero-order valence-electron chi connectivity index (χ0n) is 15.6. The lowest BCUT2D eigenvalue weighted by atomic mass is 10.0. The van der Waals surface area contributed by atoms with Gasteiger partial charge in [-0.2, -0.15) is 5.26 Å². The molecule has 4 rings (SSSR count). The lowest BCUT2D eigenvalue weighted by Gasteiger charge is -2.12. The van der Waals surface area contributed by atoms with E-state index in [1.807, 2.05) is 48.5 Å². The minimum atomic E-state index is -0.188. The molecule has 0 bridgehead atoms. The Morgan fingerprint density at radius 3 is 2.59 bits per heavy atom. The topological polar surface area (TPSA) is 65.8 Å². The molecule has 1 aliphatic carbocycles. The molecule has 3 aromatic rings. The quantitative estimate of drug-likeness (QED) is 0.506. The van der Waals surface area contributed by atoms with Crippen LogP contribution >= 0.6 is 23.4 Å². The first-order chi connectivity index (χ1) is 14.2. The summed E-state index contributed by atoms with van der Waals surface area (Å²) in [5.41, 5.74) is 3.94. The van der Waals surface area contributed by atoms with E-state index in [0.29, 0.717) is 27.2 Å². The third-order valence-corrected chi connectivity index (χ3v) is 5.99. The number of rotatable bonds is 6. The van der Waals surface area contributed by atoms with Gasteiger partial charge in [-0.15, -0.1) is 0 Å². The van der Waals surface area contributed by atoms with Gasteiger partial charge in [0.2, 0.25) is 5.91 Å². The molecule has 1 saturated carbocycles. The molecule has 0 saturated heterocycles. The van der Waals surface area contributed by atoms with Crippen LogP contribution in [-0.4, -0.2) is 16.6 Å². The molecule has 1 amide bonds. The number of hydrogen-bond donors (Lipinski definition) is 1. The molecular weight excluding hydrogens is 402 g/mol. The fraction of sp³-hybridized carbons (Fsp3) is 0.174. The summed E-state index contributed by atoms with van der Waals surface area (Å²) in [4.78, 5) is 17.1. The van der Waals surface area contributed by atoms with Crippen LogP contribution in [0.5, 0.6) is 0 Å². The van der Waals surface area contributed by atoms with Crippen LogP contribution in [0.1, 0.15) is 30.0 Å². The van der Waals surface area contributed by atoms with E-state index in [1.165, 1.54) is 11.8 Å². The summed E-state index contributed by atoms with van der Waals surface area (Å²) in [6, 6.07) is 21.3. The van der Waals surface area contributed by atoms with Gasteiger partial charge in [-0.05, 0) is 36.6 Å². The zero-order valence-corrected chi connectivity index (χ0v) is 17.1. The summed E-state index contributed by atoms with van der Waals surface area (Å²) in [5, 5.41) is 13.7. The van der Waals surface area contributed by atoms with Crippen molar-refractivity contribution in [2.24, 2.45) is 0 Å². The van der Waals surface area contributed by atoms with Gasteiger partial charge in [0, 0.05) is 17.2 Å². The first-order valence-corrected chi connectivity index (χ1v) is 10.7. The van der Waals surface area contributed by atoms with Crippen LogP contribution in [-0.2, 0) is 4.79 Å². The first kappa shape index (κ1) is 19.5. The van der Waals surface area contributed by atoms with Gasteiger partial charge in [0.1, 0.15) is 11.1 Å². The van der Waals surface area contributed by atoms with Crippen molar-refractivity contribution < 1.29 is 4.79 Å². The highest BCUT2D eigenvalue weighted by Crippen LogP contribution is 2.42. The van der Waals surface area contributed by atoms with Gasteiger partial charge < -0.3 is 5.32 Å². The number of hydrogen-bond acceptors (Lipinski definition) is 4. The Bertz CT molecular complexity index is 1090. The average molecular weight is 420 g/mol. The Morgan fingerprint density at radius 1 is 1.17 bits per heavy atom. The smallest absolute Gasteiger partial charge is 0.234 e. The van der Waals surface area contributed by atoms with E-state index in [-0.39, 0.29) is 11.7 Å². The molecule has 0 spiro atoms. The van der Waals surface area contributed by atoms with Crippen molar-refractivity contribution in [3.63, 3.8) is 0 Å². The predicted molar refractivity (Wildman–Crippen MR) is 117 cm³/mol. The Labute approximate surface area is 178 Å². The van der Waals surface area contributed by atoms with E-state index in [1.54, 1.807) is 12.1 Å². The predicted octanol–water partition coefficient (Wildman–Crippen LogP) is 5.88. The van der Waals surface area contributed by atoms with Crippen molar-refractivity contribution in [1.82, 2.24) is 4.98 Å². The summed E-state index contributed by atoms with van der Waals surface area (Å²) >= 11 is 7.39. The Hall–Kier alpha value is -2.81. The minimum Gasteiger partial charge on any atom is -0.324 e. The summed E-state index contributed by atoms with van der Waals surface area (Å²) in [6.45, 7) is 0. The van der Waals surface area contributed by atoms with Crippen molar-refractivity contribution in [3.8, 4) is 17.2 Å². The van der Waals surface area contributed by atoms with Gasteiger partial charge in [0.25, 0.3) is 0 Å². The maximum absolute atomic E-state index is 12.4. The van der Waals surface area contributed by atoms with Crippen LogP contribution in [0.4, 0.5) is 5.69 Å². The standard InChI is InChI=1S/C23H18ClN3OS/c24-19-8-4-5-9-20(19)26-22(28)14-29-23-18(13-25)17(15-6-2-1-3-7-15)12-21(27-23)16-10-11-16/h1-9,12,16H,10-11,14H2,(H,26,28). The third kappa shape index (κ3) is 4.61. The monoisotopic (exact) mass is 419 g/mol. The van der Waals surface area contributed by atoms with Gasteiger partial charge in [0.15, 0.2) is 0 Å². The second-order valence-electron chi connectivity index (χ2n) is 6.84. The number of nitrogens with zero attached hydrogens (tertiary/aromatic N) is 2. The molecule has 1 N–H and O–H groups in total. The van der Waals surface area contributed by atoms with Gasteiger partial charge in [0.05, 0.1) is 22.0 Å². The first-order valence-electron chi connectivity index (χ1n) is 9.33. The minimum absolute atomic E-state index is 0.148. The molecule has 1 aliphatic rings. The van der Waals surface area contributed by atoms with Crippen LogP contribution in [0.25, 0.3) is 11.1 Å². The van der Waals surface area contributed by atoms with E-state index in [4.69, 9.17) is 16.6 Å². The van der Waals surface area contributed by atoms with Crippen LogP contribution in [0.3, 0.4) is 0 Å². The number of pyridine rings is 1. The molecule has 2 aromatic carbocycles. The molecule has 4 nitrogen and oxygen atoms in total. The number of thioether (sulfide) groups is 1. The van der Waals surface area contributed by atoms with Crippen LogP contribution in [0.15, 0.2) is 65.7 Å². The summed E-state index contributed by atoms with van der Waals surface area (Å²) in [7, 11) is 0. The van der Waals surface area contributed by atoms with Crippen molar-refractivity contribution in [2.45, 2.75) is 23.8 Å². The molecule has 0 unspecified atom stereocenters. The molecule has 1 heterocycles. The highest BCUT2D eigenvalue weighted by Gasteiger charge is 2.27. The number of anilines is 1. The fourth-order valence-electron chi connectivity index (χ4n) is 3.07. The number of nitriles is 1. The molecule has 6 heteroatoms. The van der Waals surface area contributed by atoms with Gasteiger partial charge in [-0.25, -0.2) is 4.98 Å². The molecule has 29 heavy (non-hydrogen) atoms. The van der Waals surface area contributed by atoms with Crippen molar-refractivity contribution in [1.29, 1.82) is 5.26 Å². The second kappa shape index (κ2) is 8.69. The SMILES string of the molecule is N#Cc1c(-c2ccccc2)cc(C2CC2)nc1SCC(=O)Nc1ccccc1Cl. The number of benzene rings is 2. The second-order valence-corrected chi connectivity index (χ2v) is 8.21. The molecule has 0 aliphatic heterocycles. The lowest BCUT2D eigenvalue weighted by molar-refractivity contribution is -0.113. The van der Waals surface area contributed by atoms with E-state index in [2.05, 4.69) is 11.4 Å². The van der Waals surface area contributed by atoms with Crippen molar-refractivity contribution in [2.75, 3.05) is 11.1 Å². The maximum atomic E-state index is 12.4. The van der Waals surface area contributed by atoms with Crippen LogP contribution in [0, 0.1) is 11.3 Å². The highest BCUT2D eigenvalue weighted by atomic mass is 35.5. The maximum Gasteiger partial charge on any atom is 0.234 e. The number of amides is 1. The van der Waals surface area contributed by atoms with Crippen molar-refractivity contribution >= 4 is 35.0 Å². The van der Waals surface area contributed by atoms with Crippen LogP contribution in [0.2, 0.25) is 5.02 Å². The Morgan fingerprint density at radius 2 is 1.90 bits per heavy atom. The number of nitrogens with one attached hydrogen (secondary N) is 1. The molecule has 1 fully saturated rings. The summed E-state index contributed by atoms with van der Waals surface area (Å²) < 4.78 is 0. The van der Waals surface area contributed by atoms with E-state index >= 15 is 0 Å². The molecule has 144 valence electrons. The summed E-state index contributed by atoms with van der Waals surface area (Å²) in [5.74, 6) is 0.406. The molecule has 0 atom stereocenters. The number of aromatic nitrogens is 1. The Balaban J connectivity index is 1.59. The highest BCUT2D eigenvalue weighted by molar-refractivity contribution is 8.00. The normalized spacial score (nSPS) is 13.0. The molecular formula is C23H18ClN3OS. The van der Waals surface area contributed by atoms with E-state index < -0.39 is 0 Å². The lowest BCUT2D eigenvalue weighted by Crippen LogP contribution is -2.14. The van der Waals surface area contributed by atoms with Crippen molar-refractivity contribution in [3.05, 3.63) is 76.9 Å². The summed E-state index contributed by atoms with van der Waals surface area (Å²) in [6.07, 6.45) is 2.23. The van der Waals surface area contributed by atoms with Crippen LogP contribution < -0.4 is 5.32 Å². The number of para-hydroxylation sites is 1. The Kier molecular flexibility index (Phi) is 5.84. The van der Waals surface area contributed by atoms with Gasteiger partial charge in [-0.1, -0.05) is 65.8 Å². The largest absolute Gasteiger partial charge is 0.324 e. The molecule has 0 radical (unpaired) electrons. The van der Waals surface area contributed by atoms with Gasteiger partial charge >= 0.3 is 0 Å². The third-order valence-electron chi connectivity index (χ3n) is 4.69. The molecule has 1 aromatic heterocycles. The number of carbonyl (C=O) groups excluding carboxylic acids is 1. The fourth-order valence-corrected chi connectivity index (χ4v) is 4.06. The average Bonchev–Trinajstić information content (AvgIpc) is 3.59. The van der Waals surface area contributed by atoms with Gasteiger partial charge in [-0.3, -0.25) is 4.79 Å². The van der Waals surface area contributed by atoms with E-state index in [9.17, 15) is 10.1 Å². The van der Waals surface area contributed by atoms with E-state index in [0.717, 1.165) is 29.7 Å². The number of halogens is 1. The zero-order chi connectivity index (χ0) is 20.2. The number of carbonyl (C=O) groups is 1.